The fourth-order valence-corrected chi connectivity index (χ4v) is 2.92. The molecule has 3 N–H and O–H groups in total. The first kappa shape index (κ1) is 13.5. The molecule has 108 valence electrons. The van der Waals surface area contributed by atoms with Crippen LogP contribution >= 0.6 is 0 Å². The van der Waals surface area contributed by atoms with Crippen molar-refractivity contribution >= 4 is 5.84 Å². The van der Waals surface area contributed by atoms with E-state index in [0.29, 0.717) is 13.2 Å². The number of nitrogens with zero attached hydrogens (tertiary/aromatic N) is 1. The van der Waals surface area contributed by atoms with Gasteiger partial charge in [0, 0.05) is 19.6 Å². The summed E-state index contributed by atoms with van der Waals surface area (Å²) in [6.07, 6.45) is 0.833. The lowest BCUT2D eigenvalue weighted by Gasteiger charge is -2.36. The molecule has 0 amide bonds. The molecule has 2 unspecified atom stereocenters. The Labute approximate surface area is 119 Å². The Morgan fingerprint density at radius 1 is 1.30 bits per heavy atom. The molecular weight excluding hydrogens is 254 g/mol. The first-order chi connectivity index (χ1) is 9.74. The van der Waals surface area contributed by atoms with Gasteiger partial charge in [0.25, 0.3) is 0 Å². The Morgan fingerprint density at radius 3 is 3.00 bits per heavy atom. The molecule has 1 saturated heterocycles. The lowest BCUT2D eigenvalue weighted by atomic mass is 9.97. The van der Waals surface area contributed by atoms with E-state index < -0.39 is 0 Å². The molecule has 0 radical (unpaired) electrons. The van der Waals surface area contributed by atoms with Crippen molar-refractivity contribution in [2.75, 3.05) is 32.8 Å². The molecule has 2 aliphatic heterocycles. The summed E-state index contributed by atoms with van der Waals surface area (Å²) in [4.78, 5) is 2.28. The van der Waals surface area contributed by atoms with E-state index in [4.69, 9.17) is 20.6 Å². The minimum absolute atomic E-state index is 0.111. The Balaban J connectivity index is 1.68. The van der Waals surface area contributed by atoms with E-state index in [0.717, 1.165) is 26.1 Å². The van der Waals surface area contributed by atoms with Crippen LogP contribution in [-0.4, -0.2) is 49.7 Å². The molecule has 0 saturated carbocycles. The van der Waals surface area contributed by atoms with Gasteiger partial charge in [-0.25, -0.2) is 0 Å². The highest BCUT2D eigenvalue weighted by Gasteiger charge is 2.27. The van der Waals surface area contributed by atoms with Crippen LogP contribution in [0.4, 0.5) is 0 Å². The normalized spacial score (nSPS) is 27.0. The highest BCUT2D eigenvalue weighted by molar-refractivity contribution is 5.82. The van der Waals surface area contributed by atoms with Crippen LogP contribution in [0.1, 0.15) is 17.2 Å². The minimum Gasteiger partial charge on any atom is -0.385 e. The van der Waals surface area contributed by atoms with E-state index in [-0.39, 0.29) is 18.0 Å². The maximum Gasteiger partial charge on any atom is 0.127 e. The summed E-state index contributed by atoms with van der Waals surface area (Å²) >= 11 is 0. The topological polar surface area (TPSA) is 71.6 Å². The lowest BCUT2D eigenvalue weighted by Crippen LogP contribution is -2.49. The van der Waals surface area contributed by atoms with Crippen LogP contribution in [0.5, 0.6) is 0 Å². The molecule has 1 aromatic rings. The Morgan fingerprint density at radius 2 is 2.15 bits per heavy atom. The molecule has 2 atom stereocenters. The molecule has 0 aliphatic carbocycles. The zero-order valence-corrected chi connectivity index (χ0v) is 11.5. The number of ether oxygens (including phenoxy) is 2. The zero-order chi connectivity index (χ0) is 13.9. The number of benzene rings is 1. The van der Waals surface area contributed by atoms with Crippen molar-refractivity contribution in [1.82, 2.24) is 4.90 Å². The third-order valence-corrected chi connectivity index (χ3v) is 4.01. The molecule has 0 bridgehead atoms. The van der Waals surface area contributed by atoms with Crippen LogP contribution in [0.15, 0.2) is 24.3 Å². The molecule has 20 heavy (non-hydrogen) atoms. The van der Waals surface area contributed by atoms with Gasteiger partial charge in [-0.2, -0.15) is 0 Å². The van der Waals surface area contributed by atoms with Gasteiger partial charge in [0.05, 0.1) is 19.3 Å². The van der Waals surface area contributed by atoms with Crippen molar-refractivity contribution in [3.63, 3.8) is 0 Å². The van der Waals surface area contributed by atoms with Crippen molar-refractivity contribution in [3.05, 3.63) is 35.4 Å². The maximum absolute atomic E-state index is 7.51. The monoisotopic (exact) mass is 275 g/mol. The predicted molar refractivity (Wildman–Crippen MR) is 76.9 cm³/mol. The van der Waals surface area contributed by atoms with E-state index in [1.165, 1.54) is 11.1 Å². The van der Waals surface area contributed by atoms with Crippen LogP contribution in [-0.2, 0) is 15.9 Å². The maximum atomic E-state index is 7.51. The second-order valence-electron chi connectivity index (χ2n) is 5.38. The molecule has 2 aliphatic rings. The van der Waals surface area contributed by atoms with Crippen LogP contribution in [0, 0.1) is 5.41 Å². The second-order valence-corrected chi connectivity index (χ2v) is 5.38. The summed E-state index contributed by atoms with van der Waals surface area (Å²) in [5.74, 6) is 0.111. The van der Waals surface area contributed by atoms with Crippen LogP contribution < -0.4 is 5.73 Å². The third kappa shape index (κ3) is 2.85. The van der Waals surface area contributed by atoms with E-state index in [9.17, 15) is 0 Å². The molecule has 1 fully saturated rings. The van der Waals surface area contributed by atoms with E-state index >= 15 is 0 Å². The number of hydrogen-bond acceptors (Lipinski definition) is 4. The van der Waals surface area contributed by atoms with Crippen LogP contribution in [0.25, 0.3) is 0 Å². The lowest BCUT2D eigenvalue weighted by molar-refractivity contribution is -0.0332. The summed E-state index contributed by atoms with van der Waals surface area (Å²) < 4.78 is 11.4. The SMILES string of the molecule is N=C(N)C1CN(CC2OCCc3ccccc32)CCO1. The van der Waals surface area contributed by atoms with Crippen LogP contribution in [0.2, 0.25) is 0 Å². The first-order valence-corrected chi connectivity index (χ1v) is 7.11. The number of rotatable bonds is 3. The Kier molecular flexibility index (Phi) is 4.00. The average molecular weight is 275 g/mol. The van der Waals surface area contributed by atoms with Gasteiger partial charge in [0.15, 0.2) is 0 Å². The van der Waals surface area contributed by atoms with E-state index in [2.05, 4.69) is 29.2 Å². The Bertz CT molecular complexity index is 492. The summed E-state index contributed by atoms with van der Waals surface area (Å²) in [6, 6.07) is 8.49. The standard InChI is InChI=1S/C15H21N3O2/c16-15(17)14-10-18(6-8-20-14)9-13-12-4-2-1-3-11(12)5-7-19-13/h1-4,13-14H,5-10H2,(H3,16,17). The van der Waals surface area contributed by atoms with Gasteiger partial charge in [0.1, 0.15) is 11.9 Å². The van der Waals surface area contributed by atoms with Gasteiger partial charge in [0.2, 0.25) is 0 Å². The highest BCUT2D eigenvalue weighted by Crippen LogP contribution is 2.28. The van der Waals surface area contributed by atoms with E-state index in [1.807, 2.05) is 0 Å². The summed E-state index contributed by atoms with van der Waals surface area (Å²) in [5, 5.41) is 7.51. The molecule has 1 aromatic carbocycles. The predicted octanol–water partition coefficient (Wildman–Crippen LogP) is 0.937. The Hall–Kier alpha value is -1.43. The molecule has 5 nitrogen and oxygen atoms in total. The van der Waals surface area contributed by atoms with E-state index in [1.54, 1.807) is 0 Å². The van der Waals surface area contributed by atoms with Crippen LogP contribution in [0.3, 0.4) is 0 Å². The van der Waals surface area contributed by atoms with Crippen molar-refractivity contribution in [3.8, 4) is 0 Å². The first-order valence-electron chi connectivity index (χ1n) is 7.11. The quantitative estimate of drug-likeness (QED) is 0.636. The number of nitrogens with one attached hydrogen (secondary N) is 1. The van der Waals surface area contributed by atoms with Crippen molar-refractivity contribution in [2.24, 2.45) is 5.73 Å². The minimum atomic E-state index is -0.275. The van der Waals surface area contributed by atoms with Gasteiger partial charge in [-0.15, -0.1) is 0 Å². The van der Waals surface area contributed by atoms with Gasteiger partial charge in [-0.1, -0.05) is 24.3 Å². The average Bonchev–Trinajstić information content (AvgIpc) is 2.48. The number of amidine groups is 1. The van der Waals surface area contributed by atoms with Crippen molar-refractivity contribution < 1.29 is 9.47 Å². The number of nitrogens with two attached hydrogens (primary N) is 1. The third-order valence-electron chi connectivity index (χ3n) is 4.01. The summed E-state index contributed by atoms with van der Waals surface area (Å²) in [6.45, 7) is 3.79. The largest absolute Gasteiger partial charge is 0.385 e. The zero-order valence-electron chi connectivity index (χ0n) is 11.5. The fraction of sp³-hybridized carbons (Fsp3) is 0.533. The molecule has 5 heteroatoms. The van der Waals surface area contributed by atoms with Gasteiger partial charge < -0.3 is 15.2 Å². The number of fused-ring (bicyclic) bond motifs is 1. The molecule has 3 rings (SSSR count). The molecule has 2 heterocycles. The molecule has 0 aromatic heterocycles. The number of hydrogen-bond donors (Lipinski definition) is 2. The van der Waals surface area contributed by atoms with Crippen molar-refractivity contribution in [2.45, 2.75) is 18.6 Å². The smallest absolute Gasteiger partial charge is 0.127 e. The van der Waals surface area contributed by atoms with Gasteiger partial charge in [-0.3, -0.25) is 10.3 Å². The van der Waals surface area contributed by atoms with Gasteiger partial charge >= 0.3 is 0 Å². The number of morpholine rings is 1. The summed E-state index contributed by atoms with van der Waals surface area (Å²) in [7, 11) is 0. The van der Waals surface area contributed by atoms with Crippen molar-refractivity contribution in [1.29, 1.82) is 5.41 Å². The molecule has 0 spiro atoms. The highest BCUT2D eigenvalue weighted by atomic mass is 16.5. The second kappa shape index (κ2) is 5.91. The summed E-state index contributed by atoms with van der Waals surface area (Å²) in [5.41, 5.74) is 8.22. The van der Waals surface area contributed by atoms with Gasteiger partial charge in [-0.05, 0) is 17.5 Å². The molecular formula is C15H21N3O2. The fourth-order valence-electron chi connectivity index (χ4n) is 2.92.